The topological polar surface area (TPSA) is 107 Å². The largest absolute Gasteiger partial charge is 0.505 e. The standard InChI is InChI=1S/C18H17N3O4S2/c22-15-14(17-19-11-3-1-2-4-13(11)27(24,25)20-17)18(23)21(9-10-5-6-10)12-7-8-26-16(12)15/h1-4,7-8,10,22,24-25H,5-6,9H2,(H,19,20). The number of hydrogen-bond acceptors (Lipinski definition) is 7. The lowest BCUT2D eigenvalue weighted by atomic mass is 10.2. The maximum absolute atomic E-state index is 13.2. The molecular weight excluding hydrogens is 386 g/mol. The molecule has 4 N–H and O–H groups in total. The first-order valence-corrected chi connectivity index (χ1v) is 10.9. The molecule has 0 radical (unpaired) electrons. The van der Waals surface area contributed by atoms with Gasteiger partial charge < -0.3 is 15.0 Å². The number of amidine groups is 1. The van der Waals surface area contributed by atoms with Gasteiger partial charge in [0.15, 0.2) is 11.6 Å². The van der Waals surface area contributed by atoms with Gasteiger partial charge in [-0.15, -0.1) is 15.7 Å². The predicted octanol–water partition coefficient (Wildman–Crippen LogP) is 4.08. The van der Waals surface area contributed by atoms with Gasteiger partial charge in [-0.3, -0.25) is 13.9 Å². The fourth-order valence-corrected chi connectivity index (χ4v) is 5.36. The van der Waals surface area contributed by atoms with Gasteiger partial charge in [-0.05, 0) is 42.3 Å². The van der Waals surface area contributed by atoms with Crippen molar-refractivity contribution in [1.29, 1.82) is 0 Å². The lowest BCUT2D eigenvalue weighted by molar-refractivity contribution is 0.477. The van der Waals surface area contributed by atoms with Crippen LogP contribution in [-0.4, -0.2) is 24.6 Å². The maximum Gasteiger partial charge on any atom is 0.266 e. The van der Waals surface area contributed by atoms with Crippen LogP contribution in [0.15, 0.2) is 49.8 Å². The zero-order chi connectivity index (χ0) is 18.8. The number of benzene rings is 1. The molecule has 9 heteroatoms. The number of aromatic nitrogens is 1. The maximum atomic E-state index is 13.2. The Balaban J connectivity index is 1.74. The molecule has 0 atom stereocenters. The van der Waals surface area contributed by atoms with E-state index in [1.807, 2.05) is 11.4 Å². The van der Waals surface area contributed by atoms with E-state index >= 15 is 0 Å². The predicted molar refractivity (Wildman–Crippen MR) is 108 cm³/mol. The Morgan fingerprint density at radius 1 is 1.26 bits per heavy atom. The number of hydrogen-bond donors (Lipinski definition) is 4. The van der Waals surface area contributed by atoms with E-state index in [1.54, 1.807) is 28.8 Å². The molecule has 1 aliphatic carbocycles. The van der Waals surface area contributed by atoms with Crippen LogP contribution in [0, 0.1) is 5.92 Å². The van der Waals surface area contributed by atoms with E-state index in [0.29, 0.717) is 28.4 Å². The van der Waals surface area contributed by atoms with Gasteiger partial charge in [0.2, 0.25) is 0 Å². The number of fused-ring (bicyclic) bond motifs is 2. The van der Waals surface area contributed by atoms with Gasteiger partial charge in [0.1, 0.15) is 10.5 Å². The highest BCUT2D eigenvalue weighted by atomic mass is 32.3. The molecule has 0 unspecified atom stereocenters. The summed E-state index contributed by atoms with van der Waals surface area (Å²) in [6.45, 7) is 0.583. The van der Waals surface area contributed by atoms with E-state index in [4.69, 9.17) is 0 Å². The third kappa shape index (κ3) is 2.66. The molecule has 1 saturated carbocycles. The van der Waals surface area contributed by atoms with Crippen molar-refractivity contribution in [2.75, 3.05) is 5.32 Å². The van der Waals surface area contributed by atoms with Crippen LogP contribution in [0.4, 0.5) is 5.69 Å². The molecule has 3 aromatic rings. The van der Waals surface area contributed by atoms with Crippen LogP contribution in [0.3, 0.4) is 0 Å². The highest BCUT2D eigenvalue weighted by molar-refractivity contribution is 8.23. The third-order valence-electron chi connectivity index (χ3n) is 4.87. The van der Waals surface area contributed by atoms with Crippen LogP contribution in [-0.2, 0) is 6.54 Å². The van der Waals surface area contributed by atoms with Crippen LogP contribution in [0.25, 0.3) is 10.2 Å². The van der Waals surface area contributed by atoms with Crippen LogP contribution in [0.2, 0.25) is 0 Å². The summed E-state index contributed by atoms with van der Waals surface area (Å²) in [5.41, 5.74) is 0.745. The van der Waals surface area contributed by atoms with Crippen molar-refractivity contribution in [2.45, 2.75) is 24.3 Å². The van der Waals surface area contributed by atoms with E-state index < -0.39 is 10.8 Å². The first-order chi connectivity index (χ1) is 13.0. The van der Waals surface area contributed by atoms with Gasteiger partial charge in [-0.1, -0.05) is 22.9 Å². The Kier molecular flexibility index (Phi) is 3.63. The molecule has 0 bridgehead atoms. The second-order valence-corrected chi connectivity index (χ2v) is 9.37. The Labute approximate surface area is 160 Å². The van der Waals surface area contributed by atoms with Crippen molar-refractivity contribution >= 4 is 43.9 Å². The SMILES string of the molecule is O=c1c(C2=NS(O)(O)c3ccccc3N2)c(O)c2sccc2n1CC1CC1. The van der Waals surface area contributed by atoms with Crippen LogP contribution in [0.5, 0.6) is 5.75 Å². The summed E-state index contributed by atoms with van der Waals surface area (Å²) in [5, 5.41) is 15.6. The van der Waals surface area contributed by atoms with Crippen molar-refractivity contribution in [3.63, 3.8) is 0 Å². The Morgan fingerprint density at radius 3 is 2.81 bits per heavy atom. The monoisotopic (exact) mass is 403 g/mol. The molecule has 1 aromatic carbocycles. The molecule has 0 saturated heterocycles. The van der Waals surface area contributed by atoms with Crippen LogP contribution < -0.4 is 10.9 Å². The van der Waals surface area contributed by atoms with Crippen molar-refractivity contribution in [1.82, 2.24) is 4.57 Å². The van der Waals surface area contributed by atoms with E-state index in [9.17, 15) is 19.0 Å². The third-order valence-corrected chi connectivity index (χ3v) is 7.17. The molecule has 0 spiro atoms. The van der Waals surface area contributed by atoms with Gasteiger partial charge in [-0.25, -0.2) is 0 Å². The Morgan fingerprint density at radius 2 is 2.04 bits per heavy atom. The normalized spacial score (nSPS) is 19.3. The zero-order valence-electron chi connectivity index (χ0n) is 14.1. The quantitative estimate of drug-likeness (QED) is 0.527. The van der Waals surface area contributed by atoms with Crippen molar-refractivity contribution in [3.05, 3.63) is 51.6 Å². The van der Waals surface area contributed by atoms with Gasteiger partial charge in [0.25, 0.3) is 5.56 Å². The zero-order valence-corrected chi connectivity index (χ0v) is 15.8. The summed E-state index contributed by atoms with van der Waals surface area (Å²) in [4.78, 5) is 13.5. The van der Waals surface area contributed by atoms with Gasteiger partial charge >= 0.3 is 0 Å². The van der Waals surface area contributed by atoms with E-state index in [0.717, 1.165) is 12.8 Å². The molecule has 3 heterocycles. The molecule has 27 heavy (non-hydrogen) atoms. The van der Waals surface area contributed by atoms with Crippen molar-refractivity contribution < 1.29 is 14.2 Å². The van der Waals surface area contributed by atoms with E-state index in [1.165, 1.54) is 11.3 Å². The van der Waals surface area contributed by atoms with Gasteiger partial charge in [0, 0.05) is 6.54 Å². The first kappa shape index (κ1) is 16.8. The first-order valence-electron chi connectivity index (χ1n) is 8.53. The van der Waals surface area contributed by atoms with Crippen LogP contribution >= 0.6 is 22.1 Å². The minimum atomic E-state index is -3.47. The molecule has 140 valence electrons. The van der Waals surface area contributed by atoms with Crippen molar-refractivity contribution in [2.24, 2.45) is 10.3 Å². The lowest BCUT2D eigenvalue weighted by Crippen LogP contribution is -2.32. The number of para-hydroxylation sites is 1. The fraction of sp³-hybridized carbons (Fsp3) is 0.222. The molecular formula is C18H17N3O4S2. The minimum Gasteiger partial charge on any atom is -0.505 e. The lowest BCUT2D eigenvalue weighted by Gasteiger charge is -2.34. The summed E-state index contributed by atoms with van der Waals surface area (Å²) in [5.74, 6) is 0.263. The number of nitrogens with one attached hydrogen (secondary N) is 1. The molecule has 0 amide bonds. The second-order valence-electron chi connectivity index (χ2n) is 6.80. The summed E-state index contributed by atoms with van der Waals surface area (Å²) < 4.78 is 27.2. The van der Waals surface area contributed by atoms with Gasteiger partial charge in [0.05, 0.1) is 15.9 Å². The molecule has 7 nitrogen and oxygen atoms in total. The van der Waals surface area contributed by atoms with E-state index in [-0.39, 0.29) is 27.6 Å². The molecule has 1 aliphatic heterocycles. The summed E-state index contributed by atoms with van der Waals surface area (Å²) in [7, 11) is -3.47. The average Bonchev–Trinajstić information content (AvgIpc) is 3.31. The van der Waals surface area contributed by atoms with E-state index in [2.05, 4.69) is 9.71 Å². The highest BCUT2D eigenvalue weighted by Gasteiger charge is 2.31. The summed E-state index contributed by atoms with van der Waals surface area (Å²) >= 11 is 1.34. The number of aromatic hydroxyl groups is 1. The fourth-order valence-electron chi connectivity index (χ4n) is 3.35. The summed E-state index contributed by atoms with van der Waals surface area (Å²) in [6, 6.07) is 8.52. The molecule has 2 aliphatic rings. The average molecular weight is 403 g/mol. The number of anilines is 1. The number of thiophene rings is 1. The van der Waals surface area contributed by atoms with Crippen LogP contribution in [0.1, 0.15) is 18.4 Å². The van der Waals surface area contributed by atoms with Crippen molar-refractivity contribution in [3.8, 4) is 5.75 Å². The minimum absolute atomic E-state index is 0.0175. The Bertz CT molecular complexity index is 1160. The Hall–Kier alpha value is -2.33. The summed E-state index contributed by atoms with van der Waals surface area (Å²) in [6.07, 6.45) is 2.17. The number of nitrogens with zero attached hydrogens (tertiary/aromatic N) is 2. The smallest absolute Gasteiger partial charge is 0.266 e. The molecule has 5 rings (SSSR count). The highest BCUT2D eigenvalue weighted by Crippen LogP contribution is 2.55. The number of rotatable bonds is 3. The van der Waals surface area contributed by atoms with Gasteiger partial charge in [-0.2, -0.15) is 0 Å². The molecule has 1 fully saturated rings. The second kappa shape index (κ2) is 5.83. The molecule has 2 aromatic heterocycles. The number of pyridine rings is 1.